The van der Waals surface area contributed by atoms with Gasteiger partial charge in [0.1, 0.15) is 0 Å². The van der Waals surface area contributed by atoms with Crippen molar-refractivity contribution in [3.8, 4) is 11.5 Å². The minimum atomic E-state index is 0.244. The molecule has 82 valence electrons. The lowest BCUT2D eigenvalue weighted by molar-refractivity contribution is 0.359. The fraction of sp³-hybridized carbons (Fsp3) is 0.500. The van der Waals surface area contributed by atoms with Crippen molar-refractivity contribution in [2.24, 2.45) is 0 Å². The Morgan fingerprint density at radius 3 is 2.73 bits per heavy atom. The highest BCUT2D eigenvalue weighted by Gasteiger charge is 2.20. The van der Waals surface area contributed by atoms with Gasteiger partial charge in [0.2, 0.25) is 0 Å². The second kappa shape index (κ2) is 4.53. The van der Waals surface area contributed by atoms with Crippen LogP contribution in [0.3, 0.4) is 0 Å². The normalized spacial score (nSPS) is 17.7. The largest absolute Gasteiger partial charge is 0.504 e. The summed E-state index contributed by atoms with van der Waals surface area (Å²) in [4.78, 5) is 0. The van der Waals surface area contributed by atoms with Gasteiger partial charge < -0.3 is 15.2 Å². The molecule has 1 heterocycles. The molecule has 1 aromatic carbocycles. The van der Waals surface area contributed by atoms with E-state index in [4.69, 9.17) is 4.74 Å². The topological polar surface area (TPSA) is 41.5 Å². The SMILES string of the molecule is COc1c(O)cccc1C1CCNCC1. The van der Waals surface area contributed by atoms with E-state index >= 15 is 0 Å². The van der Waals surface area contributed by atoms with Crippen LogP contribution in [0.5, 0.6) is 11.5 Å². The molecule has 0 unspecified atom stereocenters. The quantitative estimate of drug-likeness (QED) is 0.778. The Hall–Kier alpha value is -1.22. The van der Waals surface area contributed by atoms with Crippen LogP contribution in [-0.4, -0.2) is 25.3 Å². The maximum Gasteiger partial charge on any atom is 0.163 e. The van der Waals surface area contributed by atoms with Crippen molar-refractivity contribution in [3.63, 3.8) is 0 Å². The molecule has 2 N–H and O–H groups in total. The predicted octanol–water partition coefficient (Wildman–Crippen LogP) is 1.87. The molecule has 1 aliphatic heterocycles. The lowest BCUT2D eigenvalue weighted by Crippen LogP contribution is -2.26. The van der Waals surface area contributed by atoms with Crippen molar-refractivity contribution >= 4 is 0 Å². The van der Waals surface area contributed by atoms with Crippen LogP contribution in [0.4, 0.5) is 0 Å². The zero-order valence-electron chi connectivity index (χ0n) is 8.99. The number of ether oxygens (including phenoxy) is 1. The third-order valence-electron chi connectivity index (χ3n) is 3.01. The second-order valence-electron chi connectivity index (χ2n) is 3.92. The van der Waals surface area contributed by atoms with Gasteiger partial charge in [0.25, 0.3) is 0 Å². The van der Waals surface area contributed by atoms with Crippen LogP contribution in [0.1, 0.15) is 24.3 Å². The molecule has 0 saturated carbocycles. The smallest absolute Gasteiger partial charge is 0.163 e. The highest BCUT2D eigenvalue weighted by atomic mass is 16.5. The van der Waals surface area contributed by atoms with Crippen molar-refractivity contribution in [3.05, 3.63) is 23.8 Å². The maximum absolute atomic E-state index is 9.68. The summed E-state index contributed by atoms with van der Waals surface area (Å²) >= 11 is 0. The van der Waals surface area contributed by atoms with Gasteiger partial charge in [-0.15, -0.1) is 0 Å². The van der Waals surface area contributed by atoms with Gasteiger partial charge in [-0.05, 0) is 37.9 Å². The van der Waals surface area contributed by atoms with Crippen LogP contribution in [0.15, 0.2) is 18.2 Å². The molecule has 1 fully saturated rings. The van der Waals surface area contributed by atoms with Gasteiger partial charge in [-0.2, -0.15) is 0 Å². The Labute approximate surface area is 90.1 Å². The Balaban J connectivity index is 2.29. The van der Waals surface area contributed by atoms with Gasteiger partial charge in [-0.3, -0.25) is 0 Å². The number of methoxy groups -OCH3 is 1. The molecule has 3 nitrogen and oxygen atoms in total. The van der Waals surface area contributed by atoms with Crippen molar-refractivity contribution in [1.82, 2.24) is 5.32 Å². The number of phenols is 1. The Kier molecular flexibility index (Phi) is 3.11. The van der Waals surface area contributed by atoms with E-state index in [0.29, 0.717) is 11.7 Å². The third kappa shape index (κ3) is 2.07. The summed E-state index contributed by atoms with van der Waals surface area (Å²) < 4.78 is 5.26. The molecular weight excluding hydrogens is 190 g/mol. The Morgan fingerprint density at radius 2 is 2.07 bits per heavy atom. The molecule has 2 rings (SSSR count). The molecule has 0 bridgehead atoms. The van der Waals surface area contributed by atoms with E-state index < -0.39 is 0 Å². The van der Waals surface area contributed by atoms with Crippen LogP contribution in [0.25, 0.3) is 0 Å². The molecule has 0 aliphatic carbocycles. The van der Waals surface area contributed by atoms with Crippen LogP contribution in [-0.2, 0) is 0 Å². The number of phenolic OH excluding ortho intramolecular Hbond substituents is 1. The van der Waals surface area contributed by atoms with Crippen LogP contribution in [0.2, 0.25) is 0 Å². The van der Waals surface area contributed by atoms with Gasteiger partial charge >= 0.3 is 0 Å². The van der Waals surface area contributed by atoms with Crippen LogP contribution in [0, 0.1) is 0 Å². The van der Waals surface area contributed by atoms with E-state index in [0.717, 1.165) is 31.5 Å². The van der Waals surface area contributed by atoms with Crippen molar-refractivity contribution in [2.75, 3.05) is 20.2 Å². The Morgan fingerprint density at radius 1 is 1.33 bits per heavy atom. The molecule has 0 radical (unpaired) electrons. The van der Waals surface area contributed by atoms with E-state index in [1.165, 1.54) is 0 Å². The zero-order chi connectivity index (χ0) is 10.7. The summed E-state index contributed by atoms with van der Waals surface area (Å²) in [5.41, 5.74) is 1.14. The molecule has 3 heteroatoms. The van der Waals surface area contributed by atoms with E-state index in [1.54, 1.807) is 13.2 Å². The molecule has 0 aromatic heterocycles. The average molecular weight is 207 g/mol. The molecule has 0 amide bonds. The average Bonchev–Trinajstić information content (AvgIpc) is 2.30. The fourth-order valence-corrected chi connectivity index (χ4v) is 2.22. The first-order valence-electron chi connectivity index (χ1n) is 5.39. The van der Waals surface area contributed by atoms with Crippen molar-refractivity contribution in [2.45, 2.75) is 18.8 Å². The summed E-state index contributed by atoms with van der Waals surface area (Å²) in [6.07, 6.45) is 2.22. The van der Waals surface area contributed by atoms with E-state index in [-0.39, 0.29) is 5.75 Å². The van der Waals surface area contributed by atoms with Gasteiger partial charge in [0, 0.05) is 5.56 Å². The number of piperidine rings is 1. The molecule has 15 heavy (non-hydrogen) atoms. The standard InChI is InChI=1S/C12H17NO2/c1-15-12-10(3-2-4-11(12)14)9-5-7-13-8-6-9/h2-4,9,13-14H,5-8H2,1H3. The monoisotopic (exact) mass is 207 g/mol. The maximum atomic E-state index is 9.68. The van der Waals surface area contributed by atoms with Gasteiger partial charge in [0.05, 0.1) is 7.11 Å². The lowest BCUT2D eigenvalue weighted by atomic mass is 9.89. The highest BCUT2D eigenvalue weighted by Crippen LogP contribution is 2.37. The number of benzene rings is 1. The lowest BCUT2D eigenvalue weighted by Gasteiger charge is -2.24. The summed E-state index contributed by atoms with van der Waals surface area (Å²) in [6, 6.07) is 5.60. The number of rotatable bonds is 2. The molecule has 0 atom stereocenters. The van der Waals surface area contributed by atoms with Crippen molar-refractivity contribution in [1.29, 1.82) is 0 Å². The number of nitrogens with one attached hydrogen (secondary N) is 1. The van der Waals surface area contributed by atoms with Gasteiger partial charge in [-0.25, -0.2) is 0 Å². The van der Waals surface area contributed by atoms with Crippen molar-refractivity contribution < 1.29 is 9.84 Å². The van der Waals surface area contributed by atoms with E-state index in [1.807, 2.05) is 6.07 Å². The summed E-state index contributed by atoms with van der Waals surface area (Å²) in [5.74, 6) is 1.39. The summed E-state index contributed by atoms with van der Waals surface area (Å²) in [7, 11) is 1.61. The first-order chi connectivity index (χ1) is 7.33. The minimum Gasteiger partial charge on any atom is -0.504 e. The second-order valence-corrected chi connectivity index (χ2v) is 3.92. The van der Waals surface area contributed by atoms with E-state index in [2.05, 4.69) is 11.4 Å². The first kappa shape index (κ1) is 10.3. The predicted molar refractivity (Wildman–Crippen MR) is 59.5 cm³/mol. The molecule has 1 saturated heterocycles. The minimum absolute atomic E-state index is 0.244. The highest BCUT2D eigenvalue weighted by molar-refractivity contribution is 5.47. The van der Waals surface area contributed by atoms with Gasteiger partial charge in [-0.1, -0.05) is 12.1 Å². The van der Waals surface area contributed by atoms with Crippen LogP contribution >= 0.6 is 0 Å². The van der Waals surface area contributed by atoms with E-state index in [9.17, 15) is 5.11 Å². The van der Waals surface area contributed by atoms with Crippen LogP contribution < -0.4 is 10.1 Å². The van der Waals surface area contributed by atoms with Gasteiger partial charge in [0.15, 0.2) is 11.5 Å². The number of para-hydroxylation sites is 1. The molecular formula is C12H17NO2. The zero-order valence-corrected chi connectivity index (χ0v) is 8.99. The molecule has 0 spiro atoms. The number of hydrogen-bond acceptors (Lipinski definition) is 3. The first-order valence-corrected chi connectivity index (χ1v) is 5.39. The molecule has 1 aromatic rings. The summed E-state index contributed by atoms with van der Waals surface area (Å²) in [6.45, 7) is 2.09. The fourth-order valence-electron chi connectivity index (χ4n) is 2.22. The molecule has 1 aliphatic rings. The number of aromatic hydroxyl groups is 1. The Bertz CT molecular complexity index is 332. The third-order valence-corrected chi connectivity index (χ3v) is 3.01. The number of hydrogen-bond donors (Lipinski definition) is 2. The summed E-state index contributed by atoms with van der Waals surface area (Å²) in [5, 5.41) is 13.0.